The first-order valence-electron chi connectivity index (χ1n) is 8.73. The van der Waals surface area contributed by atoms with Gasteiger partial charge in [-0.05, 0) is 36.5 Å². The van der Waals surface area contributed by atoms with Gasteiger partial charge in [-0.15, -0.1) is 0 Å². The molecule has 7 heteroatoms. The molecule has 0 saturated heterocycles. The van der Waals surface area contributed by atoms with E-state index in [-0.39, 0.29) is 4.90 Å². The predicted octanol–water partition coefficient (Wildman–Crippen LogP) is 3.38. The van der Waals surface area contributed by atoms with E-state index in [0.29, 0.717) is 24.8 Å². The first-order valence-corrected chi connectivity index (χ1v) is 10.2. The highest BCUT2D eigenvalue weighted by atomic mass is 32.2. The summed E-state index contributed by atoms with van der Waals surface area (Å²) in [6.07, 6.45) is 9.40. The molecule has 1 saturated carbocycles. The number of sulfonamides is 1. The van der Waals surface area contributed by atoms with Crippen LogP contribution in [0.25, 0.3) is 0 Å². The van der Waals surface area contributed by atoms with Crippen LogP contribution in [0.4, 0.5) is 5.69 Å². The van der Waals surface area contributed by atoms with Crippen molar-refractivity contribution in [2.45, 2.75) is 49.5 Å². The minimum atomic E-state index is -3.60. The van der Waals surface area contributed by atoms with Crippen LogP contribution < -0.4 is 4.72 Å². The van der Waals surface area contributed by atoms with Crippen LogP contribution in [-0.2, 0) is 21.3 Å². The first kappa shape index (κ1) is 17.9. The van der Waals surface area contributed by atoms with Gasteiger partial charge < -0.3 is 4.74 Å². The number of anilines is 1. The Morgan fingerprint density at radius 2 is 1.92 bits per heavy atom. The molecule has 0 radical (unpaired) electrons. The zero-order chi connectivity index (χ0) is 17.7. The molecule has 3 rings (SSSR count). The van der Waals surface area contributed by atoms with E-state index in [1.165, 1.54) is 43.9 Å². The predicted molar refractivity (Wildman–Crippen MR) is 97.2 cm³/mol. The molecule has 6 nitrogen and oxygen atoms in total. The number of aromatic nitrogens is 2. The summed E-state index contributed by atoms with van der Waals surface area (Å²) in [5.74, 6) is 0.567. The second-order valence-corrected chi connectivity index (χ2v) is 8.18. The number of hydrogen-bond acceptors (Lipinski definition) is 4. The molecule has 0 atom stereocenters. The molecule has 0 aliphatic heterocycles. The van der Waals surface area contributed by atoms with E-state index in [0.717, 1.165) is 0 Å². The maximum atomic E-state index is 12.5. The normalized spacial score (nSPS) is 16.0. The van der Waals surface area contributed by atoms with Crippen LogP contribution >= 0.6 is 0 Å². The minimum absolute atomic E-state index is 0.275. The maximum absolute atomic E-state index is 12.5. The molecule has 0 bridgehead atoms. The minimum Gasteiger partial charge on any atom is -0.383 e. The lowest BCUT2D eigenvalue weighted by atomic mass is 9.84. The Morgan fingerprint density at radius 1 is 1.20 bits per heavy atom. The van der Waals surface area contributed by atoms with Crippen molar-refractivity contribution in [2.75, 3.05) is 18.4 Å². The van der Waals surface area contributed by atoms with E-state index in [4.69, 9.17) is 4.74 Å². The molecule has 1 heterocycles. The summed E-state index contributed by atoms with van der Waals surface area (Å²) in [6, 6.07) is 7.29. The Balaban J connectivity index is 1.68. The van der Waals surface area contributed by atoms with E-state index >= 15 is 0 Å². The molecule has 1 aliphatic rings. The fraction of sp³-hybridized carbons (Fsp3) is 0.500. The summed E-state index contributed by atoms with van der Waals surface area (Å²) < 4.78 is 34.3. The fourth-order valence-electron chi connectivity index (χ4n) is 3.29. The van der Waals surface area contributed by atoms with Crippen molar-refractivity contribution in [1.29, 1.82) is 0 Å². The van der Waals surface area contributed by atoms with Gasteiger partial charge in [0, 0.05) is 13.3 Å². The third-order valence-corrected chi connectivity index (χ3v) is 6.07. The maximum Gasteiger partial charge on any atom is 0.261 e. The highest BCUT2D eigenvalue weighted by Gasteiger charge is 2.18. The average Bonchev–Trinajstić information content (AvgIpc) is 3.07. The molecule has 1 aliphatic carbocycles. The molecule has 0 unspecified atom stereocenters. The van der Waals surface area contributed by atoms with Gasteiger partial charge in [-0.1, -0.05) is 31.4 Å². The molecule has 1 N–H and O–H groups in total. The molecular weight excluding hydrogens is 338 g/mol. The Hall–Kier alpha value is -1.86. The van der Waals surface area contributed by atoms with Gasteiger partial charge in [0.1, 0.15) is 0 Å². The van der Waals surface area contributed by atoms with Crippen LogP contribution in [0.5, 0.6) is 0 Å². The van der Waals surface area contributed by atoms with Crippen molar-refractivity contribution in [3.63, 3.8) is 0 Å². The lowest BCUT2D eigenvalue weighted by Crippen LogP contribution is -2.13. The van der Waals surface area contributed by atoms with Crippen molar-refractivity contribution in [1.82, 2.24) is 9.78 Å². The van der Waals surface area contributed by atoms with Crippen molar-refractivity contribution in [2.24, 2.45) is 0 Å². The molecule has 1 fully saturated rings. The van der Waals surface area contributed by atoms with Gasteiger partial charge in [0.05, 0.1) is 29.9 Å². The van der Waals surface area contributed by atoms with Crippen molar-refractivity contribution in [3.05, 3.63) is 42.2 Å². The number of benzene rings is 1. The standard InChI is InChI=1S/C18H25N3O3S/c1-24-12-11-21-14-17(13-19-21)20-25(22,23)18-9-7-16(8-10-18)15-5-3-2-4-6-15/h7-10,13-15,20H,2-6,11-12H2,1H3. The van der Waals surface area contributed by atoms with E-state index in [9.17, 15) is 8.42 Å². The number of rotatable bonds is 7. The Morgan fingerprint density at radius 3 is 2.60 bits per heavy atom. The molecule has 2 aromatic rings. The third kappa shape index (κ3) is 4.61. The Labute approximate surface area is 149 Å². The van der Waals surface area contributed by atoms with Gasteiger partial charge in [0.2, 0.25) is 0 Å². The summed E-state index contributed by atoms with van der Waals surface area (Å²) in [7, 11) is -1.99. The van der Waals surface area contributed by atoms with Crippen molar-refractivity contribution < 1.29 is 13.2 Å². The largest absolute Gasteiger partial charge is 0.383 e. The number of nitrogens with zero attached hydrogens (tertiary/aromatic N) is 2. The molecular formula is C18H25N3O3S. The molecule has 1 aromatic heterocycles. The second-order valence-electron chi connectivity index (χ2n) is 6.49. The van der Waals surface area contributed by atoms with Gasteiger partial charge in [0.25, 0.3) is 10.0 Å². The van der Waals surface area contributed by atoms with Gasteiger partial charge in [-0.3, -0.25) is 9.40 Å². The topological polar surface area (TPSA) is 73.2 Å². The molecule has 0 spiro atoms. The average molecular weight is 363 g/mol. The number of methoxy groups -OCH3 is 1. The number of ether oxygens (including phenoxy) is 1. The van der Waals surface area contributed by atoms with E-state index < -0.39 is 10.0 Å². The van der Waals surface area contributed by atoms with Gasteiger partial charge in [-0.25, -0.2) is 8.42 Å². The second kappa shape index (κ2) is 8.01. The monoisotopic (exact) mass is 363 g/mol. The van der Waals surface area contributed by atoms with Crippen LogP contribution in [0.1, 0.15) is 43.6 Å². The molecule has 136 valence electrons. The van der Waals surface area contributed by atoms with Crippen LogP contribution in [0.15, 0.2) is 41.6 Å². The summed E-state index contributed by atoms with van der Waals surface area (Å²) in [4.78, 5) is 0.275. The molecule has 25 heavy (non-hydrogen) atoms. The fourth-order valence-corrected chi connectivity index (χ4v) is 4.32. The lowest BCUT2D eigenvalue weighted by molar-refractivity contribution is 0.183. The summed E-state index contributed by atoms with van der Waals surface area (Å²) >= 11 is 0. The molecule has 0 amide bonds. The lowest BCUT2D eigenvalue weighted by Gasteiger charge is -2.22. The summed E-state index contributed by atoms with van der Waals surface area (Å²) in [5.41, 5.74) is 1.69. The smallest absolute Gasteiger partial charge is 0.261 e. The molecule has 1 aromatic carbocycles. The number of nitrogens with one attached hydrogen (secondary N) is 1. The van der Waals surface area contributed by atoms with Gasteiger partial charge in [0.15, 0.2) is 0 Å². The zero-order valence-electron chi connectivity index (χ0n) is 14.5. The van der Waals surface area contributed by atoms with Crippen LogP contribution in [0, 0.1) is 0 Å². The summed E-state index contributed by atoms with van der Waals surface area (Å²) in [6.45, 7) is 1.10. The van der Waals surface area contributed by atoms with Crippen LogP contribution in [-0.4, -0.2) is 31.9 Å². The van der Waals surface area contributed by atoms with Gasteiger partial charge in [-0.2, -0.15) is 5.10 Å². The summed E-state index contributed by atoms with van der Waals surface area (Å²) in [5, 5.41) is 4.12. The van der Waals surface area contributed by atoms with E-state index in [1.807, 2.05) is 12.1 Å². The Kier molecular flexibility index (Phi) is 5.75. The quantitative estimate of drug-likeness (QED) is 0.818. The highest BCUT2D eigenvalue weighted by molar-refractivity contribution is 7.92. The highest BCUT2D eigenvalue weighted by Crippen LogP contribution is 2.33. The van der Waals surface area contributed by atoms with Crippen molar-refractivity contribution >= 4 is 15.7 Å². The zero-order valence-corrected chi connectivity index (χ0v) is 15.3. The third-order valence-electron chi connectivity index (χ3n) is 4.68. The van der Waals surface area contributed by atoms with Crippen LogP contribution in [0.2, 0.25) is 0 Å². The van der Waals surface area contributed by atoms with E-state index in [2.05, 4.69) is 9.82 Å². The number of hydrogen-bond donors (Lipinski definition) is 1. The van der Waals surface area contributed by atoms with E-state index in [1.54, 1.807) is 30.1 Å². The van der Waals surface area contributed by atoms with Crippen LogP contribution in [0.3, 0.4) is 0 Å². The first-order chi connectivity index (χ1) is 12.1. The Bertz CT molecular complexity index is 778. The van der Waals surface area contributed by atoms with Crippen molar-refractivity contribution in [3.8, 4) is 0 Å². The SMILES string of the molecule is COCCn1cc(NS(=O)(=O)c2ccc(C3CCCCC3)cc2)cn1. The van der Waals surface area contributed by atoms with Gasteiger partial charge >= 0.3 is 0 Å².